The number of hydrogen-bond acceptors (Lipinski definition) is 5. The summed E-state index contributed by atoms with van der Waals surface area (Å²) in [6.45, 7) is 2.35. The first-order chi connectivity index (χ1) is 15.6. The number of aromatic nitrogens is 2. The first-order valence-electron chi connectivity index (χ1n) is 10.6. The Morgan fingerprint density at radius 3 is 2.53 bits per heavy atom. The van der Waals surface area contributed by atoms with Gasteiger partial charge >= 0.3 is 0 Å². The van der Waals surface area contributed by atoms with E-state index >= 15 is 0 Å². The van der Waals surface area contributed by atoms with Gasteiger partial charge in [-0.25, -0.2) is 4.68 Å². The van der Waals surface area contributed by atoms with Crippen molar-refractivity contribution < 1.29 is 19.0 Å². The number of halogens is 1. The number of amides is 1. The molecule has 32 heavy (non-hydrogen) atoms. The van der Waals surface area contributed by atoms with Crippen molar-refractivity contribution in [1.29, 1.82) is 0 Å². The van der Waals surface area contributed by atoms with E-state index in [9.17, 15) is 4.79 Å². The molecular formula is C24H24ClN3O4. The van der Waals surface area contributed by atoms with Gasteiger partial charge in [0.05, 0.1) is 31.7 Å². The summed E-state index contributed by atoms with van der Waals surface area (Å²) in [7, 11) is 1.62. The highest BCUT2D eigenvalue weighted by Crippen LogP contribution is 2.33. The Morgan fingerprint density at radius 2 is 1.81 bits per heavy atom. The lowest BCUT2D eigenvalue weighted by molar-refractivity contribution is -0.181. The van der Waals surface area contributed by atoms with Crippen LogP contribution in [0.2, 0.25) is 5.02 Å². The topological polar surface area (TPSA) is 65.8 Å². The van der Waals surface area contributed by atoms with E-state index in [2.05, 4.69) is 0 Å². The monoisotopic (exact) mass is 453 g/mol. The normalized spacial score (nSPS) is 17.6. The van der Waals surface area contributed by atoms with Crippen molar-refractivity contribution in [2.75, 3.05) is 33.4 Å². The highest BCUT2D eigenvalue weighted by molar-refractivity contribution is 6.30. The Morgan fingerprint density at radius 1 is 1.06 bits per heavy atom. The van der Waals surface area contributed by atoms with Crippen LogP contribution in [-0.2, 0) is 9.47 Å². The van der Waals surface area contributed by atoms with Crippen LogP contribution in [0.1, 0.15) is 23.3 Å². The van der Waals surface area contributed by atoms with Crippen LogP contribution in [0.25, 0.3) is 16.9 Å². The lowest BCUT2D eigenvalue weighted by atomic mass is 10.0. The van der Waals surface area contributed by atoms with Gasteiger partial charge in [-0.05, 0) is 36.4 Å². The molecule has 1 spiro atoms. The molecular weight excluding hydrogens is 430 g/mol. The summed E-state index contributed by atoms with van der Waals surface area (Å²) in [6.07, 6.45) is 1.32. The third-order valence-electron chi connectivity index (χ3n) is 5.97. The zero-order valence-electron chi connectivity index (χ0n) is 17.8. The van der Waals surface area contributed by atoms with Crippen LogP contribution in [0, 0.1) is 0 Å². The Balaban J connectivity index is 1.50. The molecule has 0 unspecified atom stereocenters. The maximum atomic E-state index is 13.6. The van der Waals surface area contributed by atoms with Crippen molar-refractivity contribution in [2.24, 2.45) is 0 Å². The first kappa shape index (κ1) is 21.0. The maximum Gasteiger partial charge on any atom is 0.272 e. The molecule has 166 valence electrons. The number of carbonyl (C=O) groups excluding carboxylic acids is 1. The van der Waals surface area contributed by atoms with Gasteiger partial charge in [0, 0.05) is 36.5 Å². The van der Waals surface area contributed by atoms with Gasteiger partial charge in [0.2, 0.25) is 0 Å². The highest BCUT2D eigenvalue weighted by atomic mass is 35.5. The van der Waals surface area contributed by atoms with Crippen molar-refractivity contribution >= 4 is 17.5 Å². The molecule has 2 aromatic carbocycles. The van der Waals surface area contributed by atoms with Gasteiger partial charge in [-0.1, -0.05) is 29.8 Å². The molecule has 2 aliphatic heterocycles. The van der Waals surface area contributed by atoms with E-state index in [-0.39, 0.29) is 5.91 Å². The number of methoxy groups -OCH3 is 1. The lowest BCUT2D eigenvalue weighted by Gasteiger charge is -2.37. The molecule has 0 N–H and O–H groups in total. The molecule has 1 amide bonds. The quantitative estimate of drug-likeness (QED) is 0.593. The fourth-order valence-corrected chi connectivity index (χ4v) is 4.44. The van der Waals surface area contributed by atoms with Crippen molar-refractivity contribution in [1.82, 2.24) is 14.7 Å². The van der Waals surface area contributed by atoms with Gasteiger partial charge in [-0.3, -0.25) is 4.79 Å². The molecule has 2 aliphatic rings. The minimum absolute atomic E-state index is 0.0838. The van der Waals surface area contributed by atoms with E-state index < -0.39 is 5.79 Å². The zero-order valence-corrected chi connectivity index (χ0v) is 18.5. The van der Waals surface area contributed by atoms with Crippen LogP contribution in [-0.4, -0.2) is 59.8 Å². The summed E-state index contributed by atoms with van der Waals surface area (Å²) in [5.41, 5.74) is 2.76. The van der Waals surface area contributed by atoms with Crippen molar-refractivity contribution in [2.45, 2.75) is 18.6 Å². The van der Waals surface area contributed by atoms with Gasteiger partial charge in [0.25, 0.3) is 5.91 Å². The SMILES string of the molecule is COc1cccc(-c2cc(C(=O)N3CCC4(CC3)OCCO4)n(-c3cccc(Cl)c3)n2)c1. The Labute approximate surface area is 191 Å². The van der Waals surface area contributed by atoms with Gasteiger partial charge in [0.1, 0.15) is 11.4 Å². The van der Waals surface area contributed by atoms with Crippen LogP contribution in [0.15, 0.2) is 54.6 Å². The summed E-state index contributed by atoms with van der Waals surface area (Å²) < 4.78 is 18.6. The number of likely N-dealkylation sites (tertiary alicyclic amines) is 1. The Hall–Kier alpha value is -2.87. The van der Waals surface area contributed by atoms with E-state index in [4.69, 9.17) is 30.9 Å². The molecule has 3 aromatic rings. The summed E-state index contributed by atoms with van der Waals surface area (Å²) in [5, 5.41) is 5.34. The van der Waals surface area contributed by atoms with Crippen molar-refractivity contribution in [3.8, 4) is 22.7 Å². The predicted octanol–water partition coefficient (Wildman–Crippen LogP) is 4.18. The first-order valence-corrected chi connectivity index (χ1v) is 11.0. The highest BCUT2D eigenvalue weighted by Gasteiger charge is 2.41. The average molecular weight is 454 g/mol. The number of rotatable bonds is 4. The number of nitrogens with zero attached hydrogens (tertiary/aromatic N) is 3. The smallest absolute Gasteiger partial charge is 0.272 e. The third kappa shape index (κ3) is 3.99. The molecule has 2 fully saturated rings. The van der Waals surface area contributed by atoms with Crippen LogP contribution >= 0.6 is 11.6 Å². The molecule has 0 bridgehead atoms. The predicted molar refractivity (Wildman–Crippen MR) is 120 cm³/mol. The molecule has 8 heteroatoms. The molecule has 5 rings (SSSR count). The van der Waals surface area contributed by atoms with Gasteiger partial charge in [-0.15, -0.1) is 0 Å². The van der Waals surface area contributed by atoms with E-state index in [1.165, 1.54) is 0 Å². The largest absolute Gasteiger partial charge is 0.497 e. The fourth-order valence-electron chi connectivity index (χ4n) is 4.26. The number of benzene rings is 2. The fraction of sp³-hybridized carbons (Fsp3) is 0.333. The van der Waals surface area contributed by atoms with Crippen LogP contribution in [0.3, 0.4) is 0 Å². The van der Waals surface area contributed by atoms with Crippen LogP contribution in [0.5, 0.6) is 5.75 Å². The summed E-state index contributed by atoms with van der Waals surface area (Å²) in [6, 6.07) is 16.8. The molecule has 0 radical (unpaired) electrons. The van der Waals surface area contributed by atoms with E-state index in [1.807, 2.05) is 47.4 Å². The second-order valence-corrected chi connectivity index (χ2v) is 8.37. The summed E-state index contributed by atoms with van der Waals surface area (Å²) >= 11 is 6.23. The van der Waals surface area contributed by atoms with Gasteiger partial charge < -0.3 is 19.1 Å². The summed E-state index contributed by atoms with van der Waals surface area (Å²) in [5.74, 6) is 0.112. The van der Waals surface area contributed by atoms with Gasteiger partial charge in [-0.2, -0.15) is 5.10 Å². The van der Waals surface area contributed by atoms with Crippen molar-refractivity contribution in [3.05, 3.63) is 65.3 Å². The average Bonchev–Trinajstić information content (AvgIpc) is 3.47. The third-order valence-corrected chi connectivity index (χ3v) is 6.21. The summed E-state index contributed by atoms with van der Waals surface area (Å²) in [4.78, 5) is 15.4. The number of carbonyl (C=O) groups is 1. The molecule has 0 aliphatic carbocycles. The van der Waals surface area contributed by atoms with Gasteiger partial charge in [0.15, 0.2) is 5.79 Å². The van der Waals surface area contributed by atoms with E-state index in [0.717, 1.165) is 17.0 Å². The molecule has 7 nitrogen and oxygen atoms in total. The minimum atomic E-state index is -0.532. The molecule has 1 aromatic heterocycles. The van der Waals surface area contributed by atoms with E-state index in [1.54, 1.807) is 23.9 Å². The maximum absolute atomic E-state index is 13.6. The lowest BCUT2D eigenvalue weighted by Crippen LogP contribution is -2.47. The molecule has 0 saturated carbocycles. The van der Waals surface area contributed by atoms with Crippen LogP contribution in [0.4, 0.5) is 0 Å². The second-order valence-electron chi connectivity index (χ2n) is 7.94. The number of piperidine rings is 1. The Kier molecular flexibility index (Phi) is 5.63. The zero-order chi connectivity index (χ0) is 22.1. The van der Waals surface area contributed by atoms with Crippen LogP contribution < -0.4 is 4.74 Å². The molecule has 0 atom stereocenters. The molecule has 3 heterocycles. The van der Waals surface area contributed by atoms with E-state index in [0.29, 0.717) is 55.6 Å². The molecule has 2 saturated heterocycles. The standard InChI is InChI=1S/C24H24ClN3O4/c1-30-20-7-2-4-17(14-20)21-16-22(28(26-21)19-6-3-5-18(25)15-19)23(29)27-10-8-24(9-11-27)31-12-13-32-24/h2-7,14-16H,8-13H2,1H3. The number of ether oxygens (including phenoxy) is 3. The minimum Gasteiger partial charge on any atom is -0.497 e. The Bertz CT molecular complexity index is 1130. The second kappa shape index (κ2) is 8.58. The number of hydrogen-bond donors (Lipinski definition) is 0. The van der Waals surface area contributed by atoms with Crippen molar-refractivity contribution in [3.63, 3.8) is 0 Å².